The molecule has 26 heavy (non-hydrogen) atoms. The normalized spacial score (nSPS) is 12.5. The van der Waals surface area contributed by atoms with Gasteiger partial charge in [0.05, 0.1) is 13.0 Å². The van der Waals surface area contributed by atoms with E-state index in [-0.39, 0.29) is 18.0 Å². The molecule has 0 bridgehead atoms. The summed E-state index contributed by atoms with van der Waals surface area (Å²) in [4.78, 5) is 22.6. The first kappa shape index (κ1) is 19.0. The summed E-state index contributed by atoms with van der Waals surface area (Å²) in [6.45, 7) is 0.139. The van der Waals surface area contributed by atoms with Crippen molar-refractivity contribution in [3.63, 3.8) is 0 Å². The van der Waals surface area contributed by atoms with Gasteiger partial charge in [0.15, 0.2) is 0 Å². The summed E-state index contributed by atoms with van der Waals surface area (Å²) in [7, 11) is 1.53. The molecule has 2 aromatic rings. The summed E-state index contributed by atoms with van der Waals surface area (Å²) in [6, 6.07) is 12.4. The molecule has 6 heteroatoms. The lowest BCUT2D eigenvalue weighted by Gasteiger charge is -2.20. The molecular weight excluding hydrogens is 334 g/mol. The van der Waals surface area contributed by atoms with Gasteiger partial charge in [-0.05, 0) is 42.0 Å². The first-order valence-corrected chi connectivity index (χ1v) is 7.98. The van der Waals surface area contributed by atoms with Crippen LogP contribution in [-0.4, -0.2) is 24.9 Å². The molecule has 0 aliphatic heterocycles. The SMILES string of the molecule is C#CCOc1ccc(C(CC=O)C(c2ccc(OC)cc2)[N+](=O)[O-])cc1. The van der Waals surface area contributed by atoms with Crippen LogP contribution in [0, 0.1) is 22.5 Å². The van der Waals surface area contributed by atoms with Crippen LogP contribution in [-0.2, 0) is 4.79 Å². The fourth-order valence-electron chi connectivity index (χ4n) is 2.79. The highest BCUT2D eigenvalue weighted by molar-refractivity contribution is 5.52. The van der Waals surface area contributed by atoms with E-state index in [2.05, 4.69) is 5.92 Å². The van der Waals surface area contributed by atoms with Crippen molar-refractivity contribution in [3.8, 4) is 23.8 Å². The molecule has 0 fully saturated rings. The van der Waals surface area contributed by atoms with E-state index in [4.69, 9.17) is 15.9 Å². The molecule has 2 atom stereocenters. The zero-order valence-corrected chi connectivity index (χ0v) is 14.3. The molecule has 0 saturated heterocycles. The minimum Gasteiger partial charge on any atom is -0.497 e. The van der Waals surface area contributed by atoms with Crippen molar-refractivity contribution in [2.24, 2.45) is 0 Å². The van der Waals surface area contributed by atoms with Gasteiger partial charge >= 0.3 is 0 Å². The highest BCUT2D eigenvalue weighted by atomic mass is 16.6. The number of nitro groups is 1. The van der Waals surface area contributed by atoms with E-state index >= 15 is 0 Å². The van der Waals surface area contributed by atoms with E-state index in [0.29, 0.717) is 28.9 Å². The average Bonchev–Trinajstić information content (AvgIpc) is 2.66. The maximum atomic E-state index is 11.8. The van der Waals surface area contributed by atoms with Gasteiger partial charge in [0.1, 0.15) is 24.4 Å². The maximum Gasteiger partial charge on any atom is 0.245 e. The summed E-state index contributed by atoms with van der Waals surface area (Å²) >= 11 is 0. The molecule has 134 valence electrons. The number of nitrogens with zero attached hydrogens (tertiary/aromatic N) is 1. The molecule has 0 N–H and O–H groups in total. The number of hydrogen-bond acceptors (Lipinski definition) is 5. The molecule has 0 saturated carbocycles. The van der Waals surface area contributed by atoms with E-state index < -0.39 is 12.0 Å². The van der Waals surface area contributed by atoms with E-state index in [1.165, 1.54) is 7.11 Å². The van der Waals surface area contributed by atoms with Crippen LogP contribution in [0.2, 0.25) is 0 Å². The monoisotopic (exact) mass is 353 g/mol. The molecule has 2 aromatic carbocycles. The van der Waals surface area contributed by atoms with Crippen molar-refractivity contribution in [1.82, 2.24) is 0 Å². The van der Waals surface area contributed by atoms with Crippen LogP contribution < -0.4 is 9.47 Å². The molecule has 0 aromatic heterocycles. The summed E-state index contributed by atoms with van der Waals surface area (Å²) in [5.41, 5.74) is 1.19. The Labute approximate surface area is 151 Å². The van der Waals surface area contributed by atoms with E-state index in [9.17, 15) is 14.9 Å². The second kappa shape index (κ2) is 9.23. The first-order valence-electron chi connectivity index (χ1n) is 7.98. The Bertz CT molecular complexity index is 777. The summed E-state index contributed by atoms with van der Waals surface area (Å²) < 4.78 is 10.4. The number of terminal acetylenes is 1. The molecule has 2 rings (SSSR count). The van der Waals surface area contributed by atoms with Gasteiger partial charge in [-0.2, -0.15) is 0 Å². The molecule has 0 aliphatic rings. The van der Waals surface area contributed by atoms with Gasteiger partial charge in [-0.15, -0.1) is 6.42 Å². The Morgan fingerprint density at radius 1 is 1.12 bits per heavy atom. The van der Waals surface area contributed by atoms with E-state index in [1.807, 2.05) is 0 Å². The van der Waals surface area contributed by atoms with Crippen LogP contribution in [0.15, 0.2) is 48.5 Å². The van der Waals surface area contributed by atoms with Gasteiger partial charge in [0.2, 0.25) is 6.04 Å². The van der Waals surface area contributed by atoms with Crippen LogP contribution in [0.25, 0.3) is 0 Å². The third-order valence-electron chi connectivity index (χ3n) is 4.05. The largest absolute Gasteiger partial charge is 0.497 e. The Morgan fingerprint density at radius 2 is 1.69 bits per heavy atom. The number of carbonyl (C=O) groups excluding carboxylic acids is 1. The molecule has 0 heterocycles. The zero-order chi connectivity index (χ0) is 18.9. The minimum atomic E-state index is -1.05. The molecule has 2 unspecified atom stereocenters. The summed E-state index contributed by atoms with van der Waals surface area (Å²) in [6.07, 6.45) is 5.89. The molecular formula is C20H19NO5. The van der Waals surface area contributed by atoms with Gasteiger partial charge in [-0.25, -0.2) is 0 Å². The molecule has 0 spiro atoms. The van der Waals surface area contributed by atoms with Crippen molar-refractivity contribution in [1.29, 1.82) is 0 Å². The Balaban J connectivity index is 2.35. The smallest absolute Gasteiger partial charge is 0.245 e. The standard InChI is InChI=1S/C20H19NO5/c1-3-14-26-18-10-4-15(5-11-18)19(12-13-22)20(21(23)24)16-6-8-17(25-2)9-7-16/h1,4-11,13,19-20H,12,14H2,2H3. The molecule has 0 radical (unpaired) electrons. The topological polar surface area (TPSA) is 78.7 Å². The first-order chi connectivity index (χ1) is 12.6. The fraction of sp³-hybridized carbons (Fsp3) is 0.250. The number of rotatable bonds is 9. The van der Waals surface area contributed by atoms with Crippen molar-refractivity contribution >= 4 is 6.29 Å². The Hall–Kier alpha value is -3.33. The van der Waals surface area contributed by atoms with Crippen molar-refractivity contribution < 1.29 is 19.2 Å². The zero-order valence-electron chi connectivity index (χ0n) is 14.3. The number of aldehydes is 1. The number of hydrogen-bond donors (Lipinski definition) is 0. The van der Waals surface area contributed by atoms with Crippen molar-refractivity contribution in [2.75, 3.05) is 13.7 Å². The highest BCUT2D eigenvalue weighted by Crippen LogP contribution is 2.36. The van der Waals surface area contributed by atoms with Crippen LogP contribution in [0.1, 0.15) is 29.5 Å². The minimum absolute atomic E-state index is 0.0300. The predicted octanol–water partition coefficient (Wildman–Crippen LogP) is 3.40. The van der Waals surface area contributed by atoms with E-state index in [0.717, 1.165) is 0 Å². The predicted molar refractivity (Wildman–Crippen MR) is 96.9 cm³/mol. The van der Waals surface area contributed by atoms with Crippen LogP contribution in [0.5, 0.6) is 11.5 Å². The maximum absolute atomic E-state index is 11.8. The van der Waals surface area contributed by atoms with E-state index in [1.54, 1.807) is 48.5 Å². The third-order valence-corrected chi connectivity index (χ3v) is 4.05. The van der Waals surface area contributed by atoms with Crippen LogP contribution in [0.4, 0.5) is 0 Å². The third kappa shape index (κ3) is 4.61. The molecule has 0 amide bonds. The van der Waals surface area contributed by atoms with Gasteiger partial charge < -0.3 is 14.3 Å². The second-order valence-electron chi connectivity index (χ2n) is 5.57. The number of ether oxygens (including phenoxy) is 2. The quantitative estimate of drug-likeness (QED) is 0.299. The van der Waals surface area contributed by atoms with Gasteiger partial charge in [0, 0.05) is 16.9 Å². The Morgan fingerprint density at radius 3 is 2.19 bits per heavy atom. The lowest BCUT2D eigenvalue weighted by Crippen LogP contribution is -2.20. The van der Waals surface area contributed by atoms with Gasteiger partial charge in [0.25, 0.3) is 0 Å². The number of carbonyl (C=O) groups is 1. The number of benzene rings is 2. The van der Waals surface area contributed by atoms with Crippen LogP contribution in [0.3, 0.4) is 0 Å². The highest BCUT2D eigenvalue weighted by Gasteiger charge is 2.34. The molecule has 0 aliphatic carbocycles. The lowest BCUT2D eigenvalue weighted by molar-refractivity contribution is -0.533. The van der Waals surface area contributed by atoms with Gasteiger partial charge in [-0.3, -0.25) is 10.1 Å². The number of methoxy groups -OCH3 is 1. The molecule has 6 nitrogen and oxygen atoms in total. The second-order valence-corrected chi connectivity index (χ2v) is 5.57. The van der Waals surface area contributed by atoms with Crippen molar-refractivity contribution in [3.05, 3.63) is 69.8 Å². The van der Waals surface area contributed by atoms with Gasteiger partial charge in [-0.1, -0.05) is 18.1 Å². The summed E-state index contributed by atoms with van der Waals surface area (Å²) in [5, 5.41) is 11.8. The van der Waals surface area contributed by atoms with Crippen molar-refractivity contribution in [2.45, 2.75) is 18.4 Å². The lowest BCUT2D eigenvalue weighted by atomic mass is 9.85. The summed E-state index contributed by atoms with van der Waals surface area (Å²) in [5.74, 6) is 2.95. The fourth-order valence-corrected chi connectivity index (χ4v) is 2.79. The van der Waals surface area contributed by atoms with Crippen LogP contribution >= 0.6 is 0 Å². The average molecular weight is 353 g/mol. The Kier molecular flexibility index (Phi) is 6.75.